The van der Waals surface area contributed by atoms with Gasteiger partial charge in [-0.1, -0.05) is 6.92 Å². The Morgan fingerprint density at radius 3 is 2.14 bits per heavy atom. The second kappa shape index (κ2) is 12.1. The van der Waals surface area contributed by atoms with Gasteiger partial charge in [0.15, 0.2) is 17.1 Å². The van der Waals surface area contributed by atoms with Gasteiger partial charge >= 0.3 is 24.1 Å². The summed E-state index contributed by atoms with van der Waals surface area (Å²) < 4.78 is 46.8. The molecule has 4 heterocycles. The van der Waals surface area contributed by atoms with E-state index in [2.05, 4.69) is 15.1 Å². The molecule has 0 aliphatic carbocycles. The zero-order valence-electron chi connectivity index (χ0n) is 22.7. The number of fused-ring (bicyclic) bond motifs is 1. The molecule has 4 rings (SSSR count). The summed E-state index contributed by atoms with van der Waals surface area (Å²) >= 11 is 0. The topological polar surface area (TPSA) is 209 Å². The van der Waals surface area contributed by atoms with Crippen molar-refractivity contribution in [3.05, 3.63) is 46.6 Å². The number of rotatable bonds is 8. The summed E-state index contributed by atoms with van der Waals surface area (Å²) in [6, 6.07) is 2.10. The molecule has 14 nitrogen and oxygen atoms in total. The number of carboxylic acids is 3. The van der Waals surface area contributed by atoms with Crippen molar-refractivity contribution >= 4 is 29.5 Å². The predicted octanol–water partition coefficient (Wildman–Crippen LogP) is 2.64. The second-order valence-corrected chi connectivity index (χ2v) is 9.60. The van der Waals surface area contributed by atoms with Crippen molar-refractivity contribution in [1.29, 1.82) is 0 Å². The quantitative estimate of drug-likeness (QED) is 0.295. The number of halogens is 3. The maximum absolute atomic E-state index is 13.5. The first-order valence-corrected chi connectivity index (χ1v) is 12.6. The number of carboxylic acid groups (broad SMARTS) is 3. The summed E-state index contributed by atoms with van der Waals surface area (Å²) in [6.07, 6.45) is -5.16. The number of hydrogen-bond donors (Lipinski definition) is 4. The largest absolute Gasteiger partial charge is 0.481 e. The molecular weight excluding hydrogens is 571 g/mol. The van der Waals surface area contributed by atoms with E-state index in [-0.39, 0.29) is 17.3 Å². The summed E-state index contributed by atoms with van der Waals surface area (Å²) in [5, 5.41) is 38.0. The lowest BCUT2D eigenvalue weighted by Gasteiger charge is -2.22. The molecule has 3 aromatic heterocycles. The molecule has 1 aliphatic heterocycles. The van der Waals surface area contributed by atoms with Gasteiger partial charge in [0.25, 0.3) is 5.91 Å². The van der Waals surface area contributed by atoms with Gasteiger partial charge in [0, 0.05) is 25.2 Å². The molecular formula is C25H28F3N5O9. The molecule has 42 heavy (non-hydrogen) atoms. The van der Waals surface area contributed by atoms with Crippen LogP contribution in [0.15, 0.2) is 16.5 Å². The number of likely N-dealkylation sites (tertiary alicyclic amines) is 1. The fourth-order valence-electron chi connectivity index (χ4n) is 4.48. The SMILES string of the molecule is CCc1cc(C(F)(F)F)n2nc(C3CCCN3C(=O)c3oc(C)nc3C)cc2n1.O=C(O)CC(O)(CC(=O)O)C(=O)O. The molecule has 0 radical (unpaired) electrons. The molecule has 0 aromatic carbocycles. The van der Waals surface area contributed by atoms with Crippen molar-refractivity contribution in [1.82, 2.24) is 24.5 Å². The summed E-state index contributed by atoms with van der Waals surface area (Å²) in [5.74, 6) is -4.81. The molecule has 3 aromatic rings. The van der Waals surface area contributed by atoms with Crippen molar-refractivity contribution in [2.75, 3.05) is 6.54 Å². The number of aromatic nitrogens is 4. The molecule has 17 heteroatoms. The van der Waals surface area contributed by atoms with Crippen LogP contribution in [0.3, 0.4) is 0 Å². The van der Waals surface area contributed by atoms with E-state index in [1.165, 1.54) is 6.07 Å². The van der Waals surface area contributed by atoms with Gasteiger partial charge in [-0.05, 0) is 32.3 Å². The molecule has 1 atom stereocenters. The number of alkyl halides is 3. The number of nitrogens with zero attached hydrogens (tertiary/aromatic N) is 5. The standard InChI is InChI=1S/C19H20F3N5O2.C6H8O7/c1-4-12-8-15(19(20,21)22)27-16(24-12)9-13(25-27)14-6-5-7-26(14)18(28)17-10(2)23-11(3)29-17;7-3(8)1-6(13,5(11)12)2-4(9)10/h8-9,14H,4-7H2,1-3H3;13H,1-2H2,(H,7,8)(H,9,10)(H,11,12). The minimum atomic E-state index is -4.56. The zero-order valence-corrected chi connectivity index (χ0v) is 22.7. The molecule has 0 saturated carbocycles. The van der Waals surface area contributed by atoms with Crippen LogP contribution in [0.25, 0.3) is 5.65 Å². The van der Waals surface area contributed by atoms with Crippen molar-refractivity contribution in [3.63, 3.8) is 0 Å². The summed E-state index contributed by atoms with van der Waals surface area (Å²) in [4.78, 5) is 53.4. The zero-order chi connectivity index (χ0) is 31.6. The number of aliphatic hydroxyl groups is 1. The number of aliphatic carboxylic acids is 3. The Bertz CT molecular complexity index is 1500. The van der Waals surface area contributed by atoms with E-state index < -0.39 is 54.3 Å². The predicted molar refractivity (Wildman–Crippen MR) is 133 cm³/mol. The first-order chi connectivity index (χ1) is 19.5. The minimum Gasteiger partial charge on any atom is -0.481 e. The molecule has 1 saturated heterocycles. The summed E-state index contributed by atoms with van der Waals surface area (Å²) in [6.45, 7) is 5.56. The highest BCUT2D eigenvalue weighted by Gasteiger charge is 2.41. The van der Waals surface area contributed by atoms with Crippen LogP contribution in [0.5, 0.6) is 0 Å². The average Bonchev–Trinajstić information content (AvgIpc) is 3.59. The number of carbonyl (C=O) groups is 4. The van der Waals surface area contributed by atoms with Gasteiger partial charge < -0.3 is 29.7 Å². The molecule has 1 fully saturated rings. The Balaban J connectivity index is 0.000000316. The number of hydrogen-bond acceptors (Lipinski definition) is 9. The fraction of sp³-hybridized carbons (Fsp3) is 0.480. The Morgan fingerprint density at radius 1 is 1.05 bits per heavy atom. The molecule has 0 spiro atoms. The van der Waals surface area contributed by atoms with Crippen molar-refractivity contribution in [2.45, 2.75) is 70.7 Å². The first-order valence-electron chi connectivity index (χ1n) is 12.6. The van der Waals surface area contributed by atoms with Crippen LogP contribution in [0, 0.1) is 13.8 Å². The van der Waals surface area contributed by atoms with Crippen LogP contribution in [-0.4, -0.2) is 80.9 Å². The van der Waals surface area contributed by atoms with E-state index in [9.17, 15) is 32.3 Å². The highest BCUT2D eigenvalue weighted by Crippen LogP contribution is 2.35. The molecule has 228 valence electrons. The Labute approximate surface area is 235 Å². The summed E-state index contributed by atoms with van der Waals surface area (Å²) in [5.41, 5.74) is -2.28. The fourth-order valence-corrected chi connectivity index (χ4v) is 4.48. The van der Waals surface area contributed by atoms with Crippen molar-refractivity contribution in [3.8, 4) is 0 Å². The Hall–Kier alpha value is -4.54. The highest BCUT2D eigenvalue weighted by molar-refractivity contribution is 5.93. The molecule has 1 amide bonds. The van der Waals surface area contributed by atoms with E-state index in [0.29, 0.717) is 42.4 Å². The number of oxazole rings is 1. The van der Waals surface area contributed by atoms with E-state index >= 15 is 0 Å². The maximum Gasteiger partial charge on any atom is 0.433 e. The highest BCUT2D eigenvalue weighted by atomic mass is 19.4. The number of aryl methyl sites for hydroxylation is 3. The smallest absolute Gasteiger partial charge is 0.433 e. The van der Waals surface area contributed by atoms with Crippen molar-refractivity contribution < 1.29 is 57.2 Å². The third-order valence-electron chi connectivity index (χ3n) is 6.39. The van der Waals surface area contributed by atoms with Gasteiger partial charge in [0.1, 0.15) is 5.69 Å². The van der Waals surface area contributed by atoms with E-state index in [1.54, 1.807) is 25.7 Å². The lowest BCUT2D eigenvalue weighted by molar-refractivity contribution is -0.170. The molecule has 4 N–H and O–H groups in total. The lowest BCUT2D eigenvalue weighted by Crippen LogP contribution is -2.42. The van der Waals surface area contributed by atoms with Gasteiger partial charge in [-0.15, -0.1) is 0 Å². The number of amides is 1. The van der Waals surface area contributed by atoms with Crippen LogP contribution < -0.4 is 0 Å². The summed E-state index contributed by atoms with van der Waals surface area (Å²) in [7, 11) is 0. The second-order valence-electron chi connectivity index (χ2n) is 9.60. The normalized spacial score (nSPS) is 15.4. The molecule has 1 unspecified atom stereocenters. The van der Waals surface area contributed by atoms with Crippen LogP contribution in [0.1, 0.15) is 77.9 Å². The molecule has 0 bridgehead atoms. The monoisotopic (exact) mass is 599 g/mol. The first kappa shape index (κ1) is 32.0. The third kappa shape index (κ3) is 7.02. The molecule has 1 aliphatic rings. The van der Waals surface area contributed by atoms with E-state index in [4.69, 9.17) is 24.8 Å². The van der Waals surface area contributed by atoms with Crippen molar-refractivity contribution in [2.24, 2.45) is 0 Å². The van der Waals surface area contributed by atoms with Gasteiger partial charge in [-0.25, -0.2) is 19.3 Å². The third-order valence-corrected chi connectivity index (χ3v) is 6.39. The van der Waals surface area contributed by atoms with Crippen LogP contribution in [0.2, 0.25) is 0 Å². The van der Waals surface area contributed by atoms with Gasteiger partial charge in [0.2, 0.25) is 5.76 Å². The van der Waals surface area contributed by atoms with Crippen LogP contribution in [-0.2, 0) is 27.0 Å². The van der Waals surface area contributed by atoms with E-state index in [0.717, 1.165) is 17.0 Å². The Morgan fingerprint density at radius 2 is 1.67 bits per heavy atom. The van der Waals surface area contributed by atoms with Gasteiger partial charge in [0.05, 0.1) is 30.3 Å². The number of carbonyl (C=O) groups excluding carboxylic acids is 1. The van der Waals surface area contributed by atoms with E-state index in [1.807, 2.05) is 0 Å². The van der Waals surface area contributed by atoms with Gasteiger partial charge in [-0.3, -0.25) is 14.4 Å². The van der Waals surface area contributed by atoms with Crippen LogP contribution in [0.4, 0.5) is 13.2 Å². The Kier molecular flexibility index (Phi) is 9.24. The minimum absolute atomic E-state index is 0.123. The lowest BCUT2D eigenvalue weighted by atomic mass is 9.96. The van der Waals surface area contributed by atoms with Gasteiger partial charge in [-0.2, -0.15) is 18.3 Å². The van der Waals surface area contributed by atoms with Crippen LogP contribution >= 0.6 is 0 Å². The average molecular weight is 600 g/mol. The maximum atomic E-state index is 13.5.